The van der Waals surface area contributed by atoms with Crippen LogP contribution in [0.2, 0.25) is 0 Å². The predicted octanol–water partition coefficient (Wildman–Crippen LogP) is 1.75. The van der Waals surface area contributed by atoms with Gasteiger partial charge in [-0.25, -0.2) is 13.1 Å². The molecule has 5 nitrogen and oxygen atoms in total. The second-order valence-electron chi connectivity index (χ2n) is 5.08. The van der Waals surface area contributed by atoms with Crippen LogP contribution in [0, 0.1) is 0 Å². The van der Waals surface area contributed by atoms with Crippen molar-refractivity contribution in [3.63, 3.8) is 0 Å². The third kappa shape index (κ3) is 3.71. The molecule has 0 spiro atoms. The van der Waals surface area contributed by atoms with Crippen molar-refractivity contribution in [2.24, 2.45) is 0 Å². The Morgan fingerprint density at radius 3 is 2.81 bits per heavy atom. The van der Waals surface area contributed by atoms with Crippen LogP contribution in [0.1, 0.15) is 24.8 Å². The number of benzene rings is 1. The molecular formula is C14H21NO4S2. The van der Waals surface area contributed by atoms with Crippen LogP contribution in [0.3, 0.4) is 0 Å². The third-order valence-corrected chi connectivity index (χ3v) is 6.44. The van der Waals surface area contributed by atoms with E-state index in [1.807, 2.05) is 6.26 Å². The van der Waals surface area contributed by atoms with E-state index in [0.717, 1.165) is 19.3 Å². The van der Waals surface area contributed by atoms with Crippen molar-refractivity contribution >= 4 is 21.8 Å². The van der Waals surface area contributed by atoms with Gasteiger partial charge in [0, 0.05) is 11.3 Å². The minimum Gasteiger partial charge on any atom is -0.495 e. The van der Waals surface area contributed by atoms with Gasteiger partial charge in [-0.2, -0.15) is 11.8 Å². The first-order chi connectivity index (χ1) is 10.0. The minimum absolute atomic E-state index is 0.0486. The number of methoxy groups -OCH3 is 1. The lowest BCUT2D eigenvalue weighted by Crippen LogP contribution is -2.38. The highest BCUT2D eigenvalue weighted by Gasteiger charge is 2.32. The Bertz CT molecular complexity index is 589. The number of hydrogen-bond donors (Lipinski definition) is 2. The van der Waals surface area contributed by atoms with Crippen molar-refractivity contribution < 1.29 is 18.3 Å². The Labute approximate surface area is 130 Å². The molecule has 1 aliphatic carbocycles. The van der Waals surface area contributed by atoms with E-state index in [1.54, 1.807) is 23.9 Å². The number of sulfonamides is 1. The van der Waals surface area contributed by atoms with Gasteiger partial charge in [-0.3, -0.25) is 0 Å². The molecule has 2 unspecified atom stereocenters. The summed E-state index contributed by atoms with van der Waals surface area (Å²) in [5, 5.41) is 9.51. The number of aliphatic hydroxyl groups excluding tert-OH is 1. The van der Waals surface area contributed by atoms with E-state index in [-0.39, 0.29) is 17.5 Å². The second kappa shape index (κ2) is 7.00. The predicted molar refractivity (Wildman–Crippen MR) is 84.2 cm³/mol. The van der Waals surface area contributed by atoms with Crippen LogP contribution in [0.25, 0.3) is 0 Å². The summed E-state index contributed by atoms with van der Waals surface area (Å²) in [5.74, 6) is 0.290. The van der Waals surface area contributed by atoms with Crippen molar-refractivity contribution in [3.8, 4) is 5.75 Å². The molecule has 1 aromatic rings. The van der Waals surface area contributed by atoms with Crippen LogP contribution in [-0.2, 0) is 16.6 Å². The van der Waals surface area contributed by atoms with Crippen LogP contribution in [0.5, 0.6) is 5.75 Å². The van der Waals surface area contributed by atoms with Gasteiger partial charge in [0.1, 0.15) is 10.6 Å². The number of nitrogens with one attached hydrogen (secondary N) is 1. The van der Waals surface area contributed by atoms with Crippen molar-refractivity contribution in [1.82, 2.24) is 4.72 Å². The molecule has 0 aliphatic heterocycles. The summed E-state index contributed by atoms with van der Waals surface area (Å²) >= 11 is 1.70. The van der Waals surface area contributed by atoms with E-state index in [1.165, 1.54) is 13.2 Å². The molecule has 0 heterocycles. The summed E-state index contributed by atoms with van der Waals surface area (Å²) in [7, 11) is -2.22. The number of thioether (sulfide) groups is 1. The maximum atomic E-state index is 12.6. The highest BCUT2D eigenvalue weighted by Crippen LogP contribution is 2.31. The van der Waals surface area contributed by atoms with Gasteiger partial charge in [0.25, 0.3) is 0 Å². The molecule has 2 rings (SSSR count). The summed E-state index contributed by atoms with van der Waals surface area (Å²) in [5.41, 5.74) is 0.545. The standard InChI is InChI=1S/C14H21NO4S2/c1-19-12-7-6-10(9-16)8-14(12)21(17,18)15-11-4-3-5-13(11)20-2/h6-8,11,13,15-16H,3-5,9H2,1-2H3. The maximum absolute atomic E-state index is 12.6. The van der Waals surface area contributed by atoms with E-state index in [9.17, 15) is 13.5 Å². The molecular weight excluding hydrogens is 310 g/mol. The average molecular weight is 331 g/mol. The summed E-state index contributed by atoms with van der Waals surface area (Å²) in [6.45, 7) is -0.205. The lowest BCUT2D eigenvalue weighted by atomic mass is 10.2. The number of rotatable bonds is 6. The molecule has 7 heteroatoms. The van der Waals surface area contributed by atoms with E-state index < -0.39 is 10.0 Å². The Kier molecular flexibility index (Phi) is 5.54. The van der Waals surface area contributed by atoms with E-state index in [0.29, 0.717) is 16.6 Å². The van der Waals surface area contributed by atoms with Crippen LogP contribution in [-0.4, -0.2) is 38.2 Å². The first-order valence-corrected chi connectivity index (χ1v) is 9.62. The smallest absolute Gasteiger partial charge is 0.244 e. The summed E-state index contributed by atoms with van der Waals surface area (Å²) < 4.78 is 33.2. The molecule has 0 bridgehead atoms. The van der Waals surface area contributed by atoms with Crippen molar-refractivity contribution in [2.75, 3.05) is 13.4 Å². The van der Waals surface area contributed by atoms with Gasteiger partial charge >= 0.3 is 0 Å². The maximum Gasteiger partial charge on any atom is 0.244 e. The Morgan fingerprint density at radius 1 is 1.43 bits per heavy atom. The van der Waals surface area contributed by atoms with E-state index in [2.05, 4.69) is 4.72 Å². The van der Waals surface area contributed by atoms with Gasteiger partial charge in [0.15, 0.2) is 0 Å². The zero-order valence-corrected chi connectivity index (χ0v) is 13.8. The first kappa shape index (κ1) is 16.6. The second-order valence-corrected chi connectivity index (χ2v) is 7.84. The van der Waals surface area contributed by atoms with Crippen molar-refractivity contribution in [2.45, 2.75) is 42.1 Å². The quantitative estimate of drug-likeness (QED) is 0.830. The topological polar surface area (TPSA) is 75.6 Å². The summed E-state index contributed by atoms with van der Waals surface area (Å²) in [4.78, 5) is 0.0864. The van der Waals surface area contributed by atoms with Gasteiger partial charge < -0.3 is 9.84 Å². The minimum atomic E-state index is -3.66. The zero-order chi connectivity index (χ0) is 15.5. The van der Waals surface area contributed by atoms with Crippen LogP contribution in [0.15, 0.2) is 23.1 Å². The van der Waals surface area contributed by atoms with Gasteiger partial charge in [-0.15, -0.1) is 0 Å². The van der Waals surface area contributed by atoms with Crippen LogP contribution >= 0.6 is 11.8 Å². The lowest BCUT2D eigenvalue weighted by Gasteiger charge is -2.20. The lowest BCUT2D eigenvalue weighted by molar-refractivity contribution is 0.281. The summed E-state index contributed by atoms with van der Waals surface area (Å²) in [6, 6.07) is 4.64. The molecule has 2 atom stereocenters. The molecule has 2 N–H and O–H groups in total. The molecule has 0 saturated heterocycles. The van der Waals surface area contributed by atoms with Crippen LogP contribution in [0.4, 0.5) is 0 Å². The first-order valence-electron chi connectivity index (χ1n) is 6.84. The molecule has 0 radical (unpaired) electrons. The number of ether oxygens (including phenoxy) is 1. The fourth-order valence-electron chi connectivity index (χ4n) is 2.64. The fourth-order valence-corrected chi connectivity index (χ4v) is 5.19. The van der Waals surface area contributed by atoms with E-state index in [4.69, 9.17) is 4.74 Å². The van der Waals surface area contributed by atoms with Crippen LogP contribution < -0.4 is 9.46 Å². The average Bonchev–Trinajstić information content (AvgIpc) is 2.92. The van der Waals surface area contributed by atoms with Gasteiger partial charge in [-0.1, -0.05) is 12.5 Å². The zero-order valence-electron chi connectivity index (χ0n) is 12.2. The monoisotopic (exact) mass is 331 g/mol. The van der Waals surface area contributed by atoms with Gasteiger partial charge in [0.05, 0.1) is 13.7 Å². The number of hydrogen-bond acceptors (Lipinski definition) is 5. The molecule has 118 valence electrons. The Hall–Kier alpha value is -0.760. The molecule has 1 saturated carbocycles. The largest absolute Gasteiger partial charge is 0.495 e. The highest BCUT2D eigenvalue weighted by molar-refractivity contribution is 7.99. The fraction of sp³-hybridized carbons (Fsp3) is 0.571. The van der Waals surface area contributed by atoms with Gasteiger partial charge in [-0.05, 0) is 36.8 Å². The Morgan fingerprint density at radius 2 is 2.19 bits per heavy atom. The van der Waals surface area contributed by atoms with Gasteiger partial charge in [0.2, 0.25) is 10.0 Å². The van der Waals surface area contributed by atoms with Crippen molar-refractivity contribution in [3.05, 3.63) is 23.8 Å². The van der Waals surface area contributed by atoms with E-state index >= 15 is 0 Å². The molecule has 1 fully saturated rings. The third-order valence-electron chi connectivity index (χ3n) is 3.76. The summed E-state index contributed by atoms with van der Waals surface area (Å²) in [6.07, 6.45) is 4.92. The molecule has 1 aliphatic rings. The molecule has 1 aromatic carbocycles. The normalized spacial score (nSPS) is 22.4. The molecule has 0 amide bonds. The van der Waals surface area contributed by atoms with Crippen molar-refractivity contribution in [1.29, 1.82) is 0 Å². The molecule has 21 heavy (non-hydrogen) atoms. The molecule has 0 aromatic heterocycles. The Balaban J connectivity index is 2.30. The number of aliphatic hydroxyl groups is 1. The SMILES string of the molecule is COc1ccc(CO)cc1S(=O)(=O)NC1CCCC1SC. The highest BCUT2D eigenvalue weighted by atomic mass is 32.2.